The molecule has 16 heavy (non-hydrogen) atoms. The van der Waals surface area contributed by atoms with Gasteiger partial charge in [-0.25, -0.2) is 0 Å². The van der Waals surface area contributed by atoms with Gasteiger partial charge < -0.3 is 15.3 Å². The maximum Gasteiger partial charge on any atom is 0.310 e. The molecule has 1 aliphatic carbocycles. The Balaban J connectivity index is 2.86. The molecule has 0 saturated carbocycles. The van der Waals surface area contributed by atoms with Crippen LogP contribution < -0.4 is 0 Å². The third-order valence-corrected chi connectivity index (χ3v) is 2.64. The average Bonchev–Trinajstić information content (AvgIpc) is 2.16. The highest BCUT2D eigenvalue weighted by Gasteiger charge is 2.33. The number of carboxylic acid groups (broad SMARTS) is 3. The second-order valence-corrected chi connectivity index (χ2v) is 3.75. The predicted molar refractivity (Wildman–Crippen MR) is 51.8 cm³/mol. The van der Waals surface area contributed by atoms with Crippen molar-refractivity contribution in [3.63, 3.8) is 0 Å². The van der Waals surface area contributed by atoms with Crippen molar-refractivity contribution in [3.8, 4) is 0 Å². The molecule has 0 spiro atoms. The molecular weight excluding hydrogens is 216 g/mol. The van der Waals surface area contributed by atoms with Crippen LogP contribution in [0.4, 0.5) is 0 Å². The molecule has 0 radical (unpaired) electrons. The quantitative estimate of drug-likeness (QED) is 0.607. The molecule has 0 aliphatic heterocycles. The molecule has 2 atom stereocenters. The molecule has 0 fully saturated rings. The molecule has 0 heterocycles. The van der Waals surface area contributed by atoms with E-state index in [0.717, 1.165) is 0 Å². The highest BCUT2D eigenvalue weighted by Crippen LogP contribution is 2.31. The van der Waals surface area contributed by atoms with Crippen molar-refractivity contribution >= 4 is 17.9 Å². The van der Waals surface area contributed by atoms with Gasteiger partial charge in [0.25, 0.3) is 0 Å². The summed E-state index contributed by atoms with van der Waals surface area (Å²) >= 11 is 0. The predicted octanol–water partition coefficient (Wildman–Crippen LogP) is 0.583. The van der Waals surface area contributed by atoms with Crippen molar-refractivity contribution in [1.82, 2.24) is 0 Å². The van der Waals surface area contributed by atoms with Gasteiger partial charge in [0.05, 0.1) is 18.3 Å². The molecule has 0 amide bonds. The highest BCUT2D eigenvalue weighted by atomic mass is 16.4. The number of hydrogen-bond donors (Lipinski definition) is 3. The van der Waals surface area contributed by atoms with Gasteiger partial charge in [-0.2, -0.15) is 0 Å². The second kappa shape index (κ2) is 4.78. The van der Waals surface area contributed by atoms with Crippen LogP contribution in [0.2, 0.25) is 0 Å². The van der Waals surface area contributed by atoms with E-state index in [1.165, 1.54) is 6.08 Å². The Labute approximate surface area is 91.2 Å². The molecule has 88 valence electrons. The Morgan fingerprint density at radius 1 is 1.19 bits per heavy atom. The number of rotatable bonds is 4. The van der Waals surface area contributed by atoms with Crippen molar-refractivity contribution < 1.29 is 29.7 Å². The molecule has 1 rings (SSSR count). The summed E-state index contributed by atoms with van der Waals surface area (Å²) in [6, 6.07) is 0. The van der Waals surface area contributed by atoms with Crippen LogP contribution in [0, 0.1) is 11.8 Å². The lowest BCUT2D eigenvalue weighted by molar-refractivity contribution is -0.145. The van der Waals surface area contributed by atoms with Crippen LogP contribution in [0.25, 0.3) is 0 Å². The van der Waals surface area contributed by atoms with Crippen LogP contribution in [0.5, 0.6) is 0 Å². The van der Waals surface area contributed by atoms with E-state index in [1.54, 1.807) is 0 Å². The van der Waals surface area contributed by atoms with E-state index >= 15 is 0 Å². The van der Waals surface area contributed by atoms with Gasteiger partial charge in [0.15, 0.2) is 0 Å². The third-order valence-electron chi connectivity index (χ3n) is 2.64. The van der Waals surface area contributed by atoms with Crippen LogP contribution in [-0.4, -0.2) is 33.2 Å². The van der Waals surface area contributed by atoms with E-state index in [-0.39, 0.29) is 24.8 Å². The van der Waals surface area contributed by atoms with Crippen LogP contribution in [-0.2, 0) is 14.4 Å². The van der Waals surface area contributed by atoms with Gasteiger partial charge in [0.1, 0.15) is 0 Å². The van der Waals surface area contributed by atoms with Gasteiger partial charge in [-0.05, 0) is 18.4 Å². The Kier molecular flexibility index (Phi) is 3.65. The Bertz CT molecular complexity index is 356. The number of carboxylic acids is 3. The fourth-order valence-corrected chi connectivity index (χ4v) is 1.80. The fraction of sp³-hybridized carbons (Fsp3) is 0.500. The molecule has 0 aromatic carbocycles. The minimum atomic E-state index is -1.17. The van der Waals surface area contributed by atoms with Crippen molar-refractivity contribution in [2.75, 3.05) is 0 Å². The van der Waals surface area contributed by atoms with E-state index in [9.17, 15) is 14.4 Å². The Morgan fingerprint density at radius 2 is 1.81 bits per heavy atom. The van der Waals surface area contributed by atoms with Gasteiger partial charge in [-0.15, -0.1) is 0 Å². The minimum Gasteiger partial charge on any atom is -0.481 e. The van der Waals surface area contributed by atoms with Gasteiger partial charge in [0.2, 0.25) is 0 Å². The molecular formula is C10H12O6. The molecule has 0 aromatic heterocycles. The van der Waals surface area contributed by atoms with Crippen LogP contribution >= 0.6 is 0 Å². The molecule has 6 heteroatoms. The van der Waals surface area contributed by atoms with E-state index in [4.69, 9.17) is 15.3 Å². The first-order valence-electron chi connectivity index (χ1n) is 4.78. The first-order valence-corrected chi connectivity index (χ1v) is 4.78. The molecule has 0 saturated heterocycles. The summed E-state index contributed by atoms with van der Waals surface area (Å²) in [5.74, 6) is -5.05. The average molecular weight is 228 g/mol. The van der Waals surface area contributed by atoms with Crippen LogP contribution in [0.15, 0.2) is 11.6 Å². The van der Waals surface area contributed by atoms with Gasteiger partial charge in [-0.3, -0.25) is 14.4 Å². The number of carbonyl (C=O) groups is 3. The molecule has 0 aromatic rings. The summed E-state index contributed by atoms with van der Waals surface area (Å²) < 4.78 is 0. The Morgan fingerprint density at radius 3 is 2.25 bits per heavy atom. The lowest BCUT2D eigenvalue weighted by Gasteiger charge is -2.24. The highest BCUT2D eigenvalue weighted by molar-refractivity contribution is 5.80. The number of aliphatic carboxylic acids is 3. The number of allylic oxidation sites excluding steroid dienone is 1. The molecule has 0 bridgehead atoms. The summed E-state index contributed by atoms with van der Waals surface area (Å²) in [4.78, 5) is 32.1. The Hall–Kier alpha value is -1.85. The second-order valence-electron chi connectivity index (χ2n) is 3.75. The lowest BCUT2D eigenvalue weighted by Crippen LogP contribution is -2.28. The van der Waals surface area contributed by atoms with Gasteiger partial charge >= 0.3 is 17.9 Å². The monoisotopic (exact) mass is 228 g/mol. The van der Waals surface area contributed by atoms with E-state index in [2.05, 4.69) is 0 Å². The summed E-state index contributed by atoms with van der Waals surface area (Å²) in [7, 11) is 0. The van der Waals surface area contributed by atoms with Gasteiger partial charge in [0, 0.05) is 0 Å². The van der Waals surface area contributed by atoms with E-state index < -0.39 is 29.7 Å². The summed E-state index contributed by atoms with van der Waals surface area (Å²) in [5, 5.41) is 26.3. The number of hydrogen-bond acceptors (Lipinski definition) is 3. The summed E-state index contributed by atoms with van der Waals surface area (Å²) in [5.41, 5.74) is 0.289. The topological polar surface area (TPSA) is 112 Å². The largest absolute Gasteiger partial charge is 0.481 e. The molecule has 6 nitrogen and oxygen atoms in total. The fourth-order valence-electron chi connectivity index (χ4n) is 1.80. The zero-order valence-electron chi connectivity index (χ0n) is 8.42. The summed E-state index contributed by atoms with van der Waals surface area (Å²) in [6.45, 7) is 0. The normalized spacial score (nSPS) is 24.6. The van der Waals surface area contributed by atoms with Crippen LogP contribution in [0.1, 0.15) is 19.3 Å². The first-order chi connectivity index (χ1) is 7.41. The molecule has 3 N–H and O–H groups in total. The zero-order chi connectivity index (χ0) is 12.3. The van der Waals surface area contributed by atoms with Crippen LogP contribution in [0.3, 0.4) is 0 Å². The summed E-state index contributed by atoms with van der Waals surface area (Å²) in [6.07, 6.45) is 1.24. The maximum atomic E-state index is 10.9. The smallest absolute Gasteiger partial charge is 0.310 e. The third kappa shape index (κ3) is 2.82. The van der Waals surface area contributed by atoms with Gasteiger partial charge in [-0.1, -0.05) is 6.08 Å². The van der Waals surface area contributed by atoms with Crippen molar-refractivity contribution in [1.29, 1.82) is 0 Å². The standard InChI is InChI=1S/C10H12O6/c11-8(12)4-5-1-2-6(9(13)14)3-7(5)10(15)16/h1,6-7H,2-4H2,(H,11,12)(H,13,14)(H,15,16). The zero-order valence-corrected chi connectivity index (χ0v) is 8.42. The minimum absolute atomic E-state index is 0.0379. The molecule has 2 unspecified atom stereocenters. The SMILES string of the molecule is O=C(O)CC1=CCC(C(=O)O)CC1C(=O)O. The molecule has 1 aliphatic rings. The van der Waals surface area contributed by atoms with Crippen molar-refractivity contribution in [3.05, 3.63) is 11.6 Å². The first kappa shape index (κ1) is 12.2. The van der Waals surface area contributed by atoms with E-state index in [1.807, 2.05) is 0 Å². The maximum absolute atomic E-state index is 10.9. The van der Waals surface area contributed by atoms with E-state index in [0.29, 0.717) is 0 Å². The van der Waals surface area contributed by atoms with Crippen molar-refractivity contribution in [2.45, 2.75) is 19.3 Å². The lowest BCUT2D eigenvalue weighted by atomic mass is 9.80. The van der Waals surface area contributed by atoms with Crippen molar-refractivity contribution in [2.24, 2.45) is 11.8 Å².